The highest BCUT2D eigenvalue weighted by molar-refractivity contribution is 5.95. The molecule has 6 nitrogen and oxygen atoms in total. The van der Waals surface area contributed by atoms with E-state index in [4.69, 9.17) is 14.2 Å². The van der Waals surface area contributed by atoms with E-state index in [-0.39, 0.29) is 11.7 Å². The summed E-state index contributed by atoms with van der Waals surface area (Å²) >= 11 is 0. The zero-order valence-corrected chi connectivity index (χ0v) is 14.7. The third-order valence-corrected chi connectivity index (χ3v) is 3.56. The number of ether oxygens (including phenoxy) is 3. The first kappa shape index (κ1) is 18.3. The Morgan fingerprint density at radius 3 is 1.96 bits per heavy atom. The average Bonchev–Trinajstić information content (AvgIpc) is 2.61. The van der Waals surface area contributed by atoms with Crippen LogP contribution in [-0.4, -0.2) is 32.0 Å². The molecule has 1 amide bonds. The van der Waals surface area contributed by atoms with Crippen LogP contribution in [0.3, 0.4) is 0 Å². The first-order valence-electron chi connectivity index (χ1n) is 7.74. The zero-order valence-electron chi connectivity index (χ0n) is 14.7. The summed E-state index contributed by atoms with van der Waals surface area (Å²) in [7, 11) is 3.08. The summed E-state index contributed by atoms with van der Waals surface area (Å²) < 4.78 is 16.0. The van der Waals surface area contributed by atoms with Crippen LogP contribution in [0.1, 0.15) is 24.2 Å². The number of carbonyl (C=O) groups is 2. The Kier molecular flexibility index (Phi) is 6.00. The Morgan fingerprint density at radius 2 is 1.48 bits per heavy atom. The molecular formula is C19H21NO5. The second kappa shape index (κ2) is 8.19. The molecule has 0 aliphatic heterocycles. The predicted octanol–water partition coefficient (Wildman–Crippen LogP) is 3.31. The summed E-state index contributed by atoms with van der Waals surface area (Å²) in [6.07, 6.45) is -0.722. The molecule has 0 aliphatic rings. The van der Waals surface area contributed by atoms with Crippen molar-refractivity contribution in [2.24, 2.45) is 0 Å². The molecular weight excluding hydrogens is 322 g/mol. The van der Waals surface area contributed by atoms with Gasteiger partial charge < -0.3 is 19.5 Å². The van der Waals surface area contributed by atoms with Crippen molar-refractivity contribution < 1.29 is 23.8 Å². The lowest BCUT2D eigenvalue weighted by Crippen LogP contribution is -2.30. The Morgan fingerprint density at radius 1 is 0.920 bits per heavy atom. The highest BCUT2D eigenvalue weighted by Crippen LogP contribution is 2.26. The molecule has 0 radical (unpaired) electrons. The molecule has 0 spiro atoms. The third kappa shape index (κ3) is 4.97. The number of rotatable bonds is 7. The van der Waals surface area contributed by atoms with Crippen molar-refractivity contribution in [1.29, 1.82) is 0 Å². The summed E-state index contributed by atoms with van der Waals surface area (Å²) in [5.74, 6) is 1.32. The number of benzene rings is 2. The summed E-state index contributed by atoms with van der Waals surface area (Å²) in [5, 5.41) is 2.76. The molecule has 25 heavy (non-hydrogen) atoms. The van der Waals surface area contributed by atoms with E-state index in [1.54, 1.807) is 49.4 Å². The van der Waals surface area contributed by atoms with Crippen molar-refractivity contribution in [3.63, 3.8) is 0 Å². The van der Waals surface area contributed by atoms with Crippen LogP contribution in [-0.2, 0) is 4.79 Å². The molecule has 2 rings (SSSR count). The van der Waals surface area contributed by atoms with E-state index in [0.717, 1.165) is 0 Å². The quantitative estimate of drug-likeness (QED) is 0.781. The minimum Gasteiger partial charge on any atom is -0.497 e. The second-order valence-electron chi connectivity index (χ2n) is 5.43. The molecule has 0 saturated heterocycles. The van der Waals surface area contributed by atoms with Crippen molar-refractivity contribution in [1.82, 2.24) is 0 Å². The van der Waals surface area contributed by atoms with Crippen LogP contribution in [0, 0.1) is 0 Å². The van der Waals surface area contributed by atoms with E-state index >= 15 is 0 Å². The lowest BCUT2D eigenvalue weighted by molar-refractivity contribution is -0.122. The number of hydrogen-bond acceptors (Lipinski definition) is 5. The largest absolute Gasteiger partial charge is 0.497 e. The Bertz CT molecular complexity index is 733. The molecule has 0 saturated carbocycles. The summed E-state index contributed by atoms with van der Waals surface area (Å²) in [6, 6.07) is 11.7. The normalized spacial score (nSPS) is 11.4. The van der Waals surface area contributed by atoms with Crippen molar-refractivity contribution in [3.8, 4) is 17.2 Å². The fourth-order valence-electron chi connectivity index (χ4n) is 2.15. The first-order chi connectivity index (χ1) is 11.9. The molecule has 0 aromatic heterocycles. The standard InChI is InChI=1S/C19H21NO5/c1-12(21)14-5-7-16(8-6-14)25-13(2)19(22)20-15-9-17(23-3)11-18(10-15)24-4/h5-11,13H,1-4H3,(H,20,22)/t13-/m1/s1. The zero-order chi connectivity index (χ0) is 18.4. The van der Waals surface area contributed by atoms with Crippen molar-refractivity contribution in [2.45, 2.75) is 20.0 Å². The van der Waals surface area contributed by atoms with Crippen LogP contribution in [0.2, 0.25) is 0 Å². The van der Waals surface area contributed by atoms with Crippen LogP contribution in [0.5, 0.6) is 17.2 Å². The number of hydrogen-bond donors (Lipinski definition) is 1. The van der Waals surface area contributed by atoms with Crippen LogP contribution in [0.15, 0.2) is 42.5 Å². The molecule has 2 aromatic rings. The Balaban J connectivity index is 2.03. The lowest BCUT2D eigenvalue weighted by Gasteiger charge is -2.16. The number of anilines is 1. The molecule has 0 unspecified atom stereocenters. The average molecular weight is 343 g/mol. The van der Waals surface area contributed by atoms with Gasteiger partial charge in [0.25, 0.3) is 5.91 Å². The highest BCUT2D eigenvalue weighted by atomic mass is 16.5. The Labute approximate surface area is 146 Å². The van der Waals surface area contributed by atoms with Gasteiger partial charge in [0.15, 0.2) is 11.9 Å². The third-order valence-electron chi connectivity index (χ3n) is 3.56. The molecule has 1 N–H and O–H groups in total. The molecule has 1 atom stereocenters. The molecule has 0 fully saturated rings. The van der Waals surface area contributed by atoms with Crippen LogP contribution in [0.25, 0.3) is 0 Å². The first-order valence-corrected chi connectivity index (χ1v) is 7.74. The van der Waals surface area contributed by atoms with Gasteiger partial charge in [0, 0.05) is 29.4 Å². The number of methoxy groups -OCH3 is 2. The van der Waals surface area contributed by atoms with E-state index in [0.29, 0.717) is 28.5 Å². The number of ketones is 1. The van der Waals surface area contributed by atoms with Gasteiger partial charge in [0.05, 0.1) is 14.2 Å². The van der Waals surface area contributed by atoms with Crippen LogP contribution >= 0.6 is 0 Å². The van der Waals surface area contributed by atoms with Gasteiger partial charge in [-0.25, -0.2) is 0 Å². The molecule has 0 bridgehead atoms. The van der Waals surface area contributed by atoms with E-state index in [1.807, 2.05) is 0 Å². The minimum atomic E-state index is -0.722. The number of carbonyl (C=O) groups excluding carboxylic acids is 2. The van der Waals surface area contributed by atoms with Crippen molar-refractivity contribution in [2.75, 3.05) is 19.5 Å². The van der Waals surface area contributed by atoms with Gasteiger partial charge in [0.2, 0.25) is 0 Å². The SMILES string of the molecule is COc1cc(NC(=O)[C@@H](C)Oc2ccc(C(C)=O)cc2)cc(OC)c1. The van der Waals surface area contributed by atoms with Crippen molar-refractivity contribution >= 4 is 17.4 Å². The number of amides is 1. The van der Waals surface area contributed by atoms with Crippen molar-refractivity contribution in [3.05, 3.63) is 48.0 Å². The van der Waals surface area contributed by atoms with Crippen LogP contribution < -0.4 is 19.5 Å². The fraction of sp³-hybridized carbons (Fsp3) is 0.263. The second-order valence-corrected chi connectivity index (χ2v) is 5.43. The van der Waals surface area contributed by atoms with E-state index in [9.17, 15) is 9.59 Å². The monoisotopic (exact) mass is 343 g/mol. The smallest absolute Gasteiger partial charge is 0.265 e. The topological polar surface area (TPSA) is 73.9 Å². The number of nitrogens with one attached hydrogen (secondary N) is 1. The molecule has 132 valence electrons. The lowest BCUT2D eigenvalue weighted by atomic mass is 10.1. The maximum atomic E-state index is 12.3. The Hall–Kier alpha value is -3.02. The maximum Gasteiger partial charge on any atom is 0.265 e. The van der Waals surface area contributed by atoms with E-state index < -0.39 is 6.10 Å². The van der Waals surface area contributed by atoms with E-state index in [2.05, 4.69) is 5.32 Å². The van der Waals surface area contributed by atoms with Gasteiger partial charge in [0.1, 0.15) is 17.2 Å². The van der Waals surface area contributed by atoms with Gasteiger partial charge in [-0.05, 0) is 38.1 Å². The molecule has 6 heteroatoms. The molecule has 0 heterocycles. The maximum absolute atomic E-state index is 12.3. The van der Waals surface area contributed by atoms with Crippen LogP contribution in [0.4, 0.5) is 5.69 Å². The minimum absolute atomic E-state index is 0.0238. The van der Waals surface area contributed by atoms with E-state index in [1.165, 1.54) is 21.1 Å². The highest BCUT2D eigenvalue weighted by Gasteiger charge is 2.16. The number of Topliss-reactive ketones (excluding diaryl/α,β-unsaturated/α-hetero) is 1. The van der Waals surface area contributed by atoms with Gasteiger partial charge in [-0.3, -0.25) is 9.59 Å². The van der Waals surface area contributed by atoms with Gasteiger partial charge in [-0.15, -0.1) is 0 Å². The molecule has 2 aromatic carbocycles. The summed E-state index contributed by atoms with van der Waals surface area (Å²) in [5.41, 5.74) is 1.14. The van der Waals surface area contributed by atoms with Gasteiger partial charge in [-0.2, -0.15) is 0 Å². The molecule has 0 aliphatic carbocycles. The summed E-state index contributed by atoms with van der Waals surface area (Å²) in [4.78, 5) is 23.6. The summed E-state index contributed by atoms with van der Waals surface area (Å²) in [6.45, 7) is 3.14. The van der Waals surface area contributed by atoms with Gasteiger partial charge >= 0.3 is 0 Å². The fourth-order valence-corrected chi connectivity index (χ4v) is 2.15. The predicted molar refractivity (Wildman–Crippen MR) is 94.7 cm³/mol. The van der Waals surface area contributed by atoms with Gasteiger partial charge in [-0.1, -0.05) is 0 Å².